The monoisotopic (exact) mass is 763 g/mol. The Bertz CT molecular complexity index is 2440. The lowest BCUT2D eigenvalue weighted by Gasteiger charge is -2.25. The van der Waals surface area contributed by atoms with Crippen LogP contribution in [0.3, 0.4) is 0 Å². The molecule has 5 nitrogen and oxygen atoms in total. The van der Waals surface area contributed by atoms with Crippen LogP contribution in [0.4, 0.5) is 28.4 Å². The van der Waals surface area contributed by atoms with Gasteiger partial charge in [-0.05, 0) is 129 Å². The fourth-order valence-electron chi connectivity index (χ4n) is 8.19. The highest BCUT2D eigenvalue weighted by molar-refractivity contribution is 5.97. The summed E-state index contributed by atoms with van der Waals surface area (Å²) in [5.41, 5.74) is 17.8. The Morgan fingerprint density at radius 1 is 0.569 bits per heavy atom. The summed E-state index contributed by atoms with van der Waals surface area (Å²) in [7, 11) is 0. The smallest absolute Gasteiger partial charge is 0.333 e. The zero-order valence-electron chi connectivity index (χ0n) is 34.7. The molecule has 0 fully saturated rings. The molecule has 0 aliphatic rings. The molecule has 0 saturated heterocycles. The minimum absolute atomic E-state index is 0.0609. The zero-order chi connectivity index (χ0) is 40.9. The van der Waals surface area contributed by atoms with Gasteiger partial charge in [-0.2, -0.15) is 0 Å². The van der Waals surface area contributed by atoms with Crippen LogP contribution in [0.15, 0.2) is 152 Å². The summed E-state index contributed by atoms with van der Waals surface area (Å²) in [5.74, 6) is -0.462. The molecule has 0 spiro atoms. The molecule has 292 valence electrons. The number of benzene rings is 7. The minimum atomic E-state index is -0.401. The Hall–Kier alpha value is -6.59. The van der Waals surface area contributed by atoms with Crippen molar-refractivity contribution in [3.63, 3.8) is 0 Å². The highest BCUT2D eigenvalue weighted by atomic mass is 16.5. The number of esters is 1. The maximum Gasteiger partial charge on any atom is 0.333 e. The van der Waals surface area contributed by atoms with E-state index in [1.165, 1.54) is 50.1 Å². The van der Waals surface area contributed by atoms with Gasteiger partial charge in [-0.15, -0.1) is 0 Å². The molecular formula is C53H53N3O2. The van der Waals surface area contributed by atoms with Crippen LogP contribution in [0, 0.1) is 41.5 Å². The van der Waals surface area contributed by atoms with Gasteiger partial charge in [0, 0.05) is 45.3 Å². The van der Waals surface area contributed by atoms with Crippen molar-refractivity contribution in [2.24, 2.45) is 0 Å². The van der Waals surface area contributed by atoms with Gasteiger partial charge in [0.05, 0.1) is 6.04 Å². The first-order valence-corrected chi connectivity index (χ1v) is 20.0. The molecule has 58 heavy (non-hydrogen) atoms. The molecule has 7 rings (SSSR count). The van der Waals surface area contributed by atoms with Crippen LogP contribution >= 0.6 is 0 Å². The number of hydrogen-bond acceptors (Lipinski definition) is 5. The second-order valence-electron chi connectivity index (χ2n) is 15.7. The van der Waals surface area contributed by atoms with Crippen molar-refractivity contribution in [1.82, 2.24) is 0 Å². The van der Waals surface area contributed by atoms with Crippen LogP contribution in [0.5, 0.6) is 0 Å². The summed E-state index contributed by atoms with van der Waals surface area (Å²) < 4.78 is 5.70. The lowest BCUT2D eigenvalue weighted by Crippen LogP contribution is -2.20. The molecular weight excluding hydrogens is 711 g/mol. The molecule has 0 aliphatic heterocycles. The number of nitrogens with one attached hydrogen (secondary N) is 3. The molecule has 1 unspecified atom stereocenters. The van der Waals surface area contributed by atoms with E-state index in [0.717, 1.165) is 44.8 Å². The number of fused-ring (bicyclic) bond motifs is 1. The van der Waals surface area contributed by atoms with Crippen molar-refractivity contribution in [1.29, 1.82) is 0 Å². The van der Waals surface area contributed by atoms with Gasteiger partial charge in [0.1, 0.15) is 6.61 Å². The van der Waals surface area contributed by atoms with Crippen LogP contribution in [0.2, 0.25) is 0 Å². The molecule has 0 aromatic heterocycles. The second-order valence-corrected chi connectivity index (χ2v) is 15.7. The predicted octanol–water partition coefficient (Wildman–Crippen LogP) is 13.6. The molecule has 0 bridgehead atoms. The van der Waals surface area contributed by atoms with E-state index in [0.29, 0.717) is 5.57 Å². The zero-order valence-corrected chi connectivity index (χ0v) is 34.7. The summed E-state index contributed by atoms with van der Waals surface area (Å²) in [5, 5.41) is 13.4. The van der Waals surface area contributed by atoms with Crippen LogP contribution < -0.4 is 16.0 Å². The van der Waals surface area contributed by atoms with Crippen molar-refractivity contribution in [2.75, 3.05) is 22.6 Å². The summed E-state index contributed by atoms with van der Waals surface area (Å²) >= 11 is 0. The number of rotatable bonds is 13. The summed E-state index contributed by atoms with van der Waals surface area (Å²) in [6.07, 6.45) is 0. The van der Waals surface area contributed by atoms with E-state index >= 15 is 0 Å². The van der Waals surface area contributed by atoms with Gasteiger partial charge in [0.15, 0.2) is 0 Å². The molecule has 0 aliphatic carbocycles. The van der Waals surface area contributed by atoms with E-state index in [4.69, 9.17) is 4.74 Å². The SMILES string of the molecule is C=C(C)C(=O)OCC(Nc1ccc(C(c2ccc(Nc3c(C)cc(C)cc3C)cc2)c2ccc(Nc3c(C)cc(C)cc3C)cc2)c2ccccc12)c1ccccc1. The van der Waals surface area contributed by atoms with E-state index in [2.05, 4.69) is 185 Å². The summed E-state index contributed by atoms with van der Waals surface area (Å²) in [4.78, 5) is 12.5. The standard InChI is InChI=1S/C53H53N3O2/c1-33(2)53(57)58-32-49(40-14-10-9-11-15-40)56-48-27-26-47(45-16-12-13-17-46(45)48)50(41-18-22-43(23-19-41)54-51-36(5)28-34(3)29-37(51)6)42-20-24-44(25-21-42)55-52-38(7)30-35(4)31-39(52)8/h9-31,49-50,54-56H,1,32H2,2-8H3. The molecule has 0 radical (unpaired) electrons. The van der Waals surface area contributed by atoms with Crippen molar-refractivity contribution in [3.8, 4) is 0 Å². The van der Waals surface area contributed by atoms with Gasteiger partial charge < -0.3 is 20.7 Å². The first kappa shape index (κ1) is 39.6. The van der Waals surface area contributed by atoms with Crippen molar-refractivity contribution >= 4 is 45.2 Å². The summed E-state index contributed by atoms with van der Waals surface area (Å²) in [6.45, 7) is 18.5. The first-order chi connectivity index (χ1) is 27.9. The normalized spacial score (nSPS) is 11.7. The fraction of sp³-hybridized carbons (Fsp3) is 0.189. The minimum Gasteiger partial charge on any atom is -0.460 e. The van der Waals surface area contributed by atoms with Crippen LogP contribution in [0.1, 0.15) is 74.5 Å². The Labute approximate surface area is 343 Å². The third-order valence-electron chi connectivity index (χ3n) is 10.9. The molecule has 0 amide bonds. The average molecular weight is 764 g/mol. The molecule has 7 aromatic rings. The lowest BCUT2D eigenvalue weighted by molar-refractivity contribution is -0.139. The van der Waals surface area contributed by atoms with Gasteiger partial charge in [-0.25, -0.2) is 4.79 Å². The Morgan fingerprint density at radius 3 is 1.52 bits per heavy atom. The number of carbonyl (C=O) groups is 1. The Morgan fingerprint density at radius 2 is 1.03 bits per heavy atom. The number of anilines is 5. The van der Waals surface area contributed by atoms with E-state index in [9.17, 15) is 4.79 Å². The van der Waals surface area contributed by atoms with Crippen molar-refractivity contribution < 1.29 is 9.53 Å². The van der Waals surface area contributed by atoms with Gasteiger partial charge in [-0.3, -0.25) is 0 Å². The van der Waals surface area contributed by atoms with Gasteiger partial charge in [0.25, 0.3) is 0 Å². The molecule has 0 saturated carbocycles. The first-order valence-electron chi connectivity index (χ1n) is 20.0. The number of ether oxygens (including phenoxy) is 1. The van der Waals surface area contributed by atoms with Gasteiger partial charge in [0.2, 0.25) is 0 Å². The molecule has 3 N–H and O–H groups in total. The molecule has 0 heterocycles. The quantitative estimate of drug-likeness (QED) is 0.0620. The number of aryl methyl sites for hydroxylation is 6. The van der Waals surface area contributed by atoms with Crippen molar-refractivity contribution in [2.45, 2.75) is 60.4 Å². The van der Waals surface area contributed by atoms with E-state index in [1.54, 1.807) is 6.92 Å². The lowest BCUT2D eigenvalue weighted by atomic mass is 9.82. The third-order valence-corrected chi connectivity index (χ3v) is 10.9. The van der Waals surface area contributed by atoms with Gasteiger partial charge in [-0.1, -0.05) is 127 Å². The van der Waals surface area contributed by atoms with E-state index < -0.39 is 5.97 Å². The van der Waals surface area contributed by atoms with Crippen LogP contribution in [-0.4, -0.2) is 12.6 Å². The molecule has 7 aromatic carbocycles. The van der Waals surface area contributed by atoms with Crippen molar-refractivity contribution in [3.05, 3.63) is 207 Å². The second kappa shape index (κ2) is 17.3. The Balaban J connectivity index is 1.28. The maximum absolute atomic E-state index is 12.5. The highest BCUT2D eigenvalue weighted by Crippen LogP contribution is 2.40. The number of carbonyl (C=O) groups excluding carboxylic acids is 1. The van der Waals surface area contributed by atoms with E-state index in [-0.39, 0.29) is 18.6 Å². The maximum atomic E-state index is 12.5. The average Bonchev–Trinajstić information content (AvgIpc) is 3.21. The fourth-order valence-corrected chi connectivity index (χ4v) is 8.19. The molecule has 1 atom stereocenters. The number of hydrogen-bond donors (Lipinski definition) is 3. The Kier molecular flexibility index (Phi) is 11.8. The topological polar surface area (TPSA) is 62.4 Å². The van der Waals surface area contributed by atoms with E-state index in [1.807, 2.05) is 18.2 Å². The van der Waals surface area contributed by atoms with Crippen LogP contribution in [0.25, 0.3) is 10.8 Å². The highest BCUT2D eigenvalue weighted by Gasteiger charge is 2.22. The predicted molar refractivity (Wildman–Crippen MR) is 244 cm³/mol. The summed E-state index contributed by atoms with van der Waals surface area (Å²) in [6, 6.07) is 49.5. The van der Waals surface area contributed by atoms with Crippen LogP contribution in [-0.2, 0) is 9.53 Å². The van der Waals surface area contributed by atoms with Gasteiger partial charge >= 0.3 is 5.97 Å². The molecule has 5 heteroatoms. The largest absolute Gasteiger partial charge is 0.460 e. The third kappa shape index (κ3) is 8.85.